The Morgan fingerprint density at radius 3 is 2.69 bits per heavy atom. The zero-order chi connectivity index (χ0) is 9.42. The van der Waals surface area contributed by atoms with Gasteiger partial charge in [0.05, 0.1) is 0 Å². The summed E-state index contributed by atoms with van der Waals surface area (Å²) in [7, 11) is 0. The Balaban J connectivity index is 2.86. The summed E-state index contributed by atoms with van der Waals surface area (Å²) in [5.74, 6) is 1.50. The summed E-state index contributed by atoms with van der Waals surface area (Å²) in [6.07, 6.45) is 0. The van der Waals surface area contributed by atoms with Crippen molar-refractivity contribution >= 4 is 0 Å². The smallest absolute Gasteiger partial charge is 0.182 e. The summed E-state index contributed by atoms with van der Waals surface area (Å²) < 4.78 is 5.42. The van der Waals surface area contributed by atoms with Gasteiger partial charge in [-0.1, -0.05) is 0 Å². The van der Waals surface area contributed by atoms with Gasteiger partial charge in [0.2, 0.25) is 0 Å². The second-order valence-corrected chi connectivity index (χ2v) is 3.20. The van der Waals surface area contributed by atoms with Crippen molar-refractivity contribution in [3.63, 3.8) is 0 Å². The molecule has 0 saturated heterocycles. The first-order valence-electron chi connectivity index (χ1n) is 4.18. The summed E-state index contributed by atoms with van der Waals surface area (Å²) in [5, 5.41) is 0. The van der Waals surface area contributed by atoms with E-state index in [0.29, 0.717) is 5.76 Å². The van der Waals surface area contributed by atoms with Crippen LogP contribution in [0.2, 0.25) is 0 Å². The largest absolute Gasteiger partial charge is 0.461 e. The average molecular weight is 174 g/mol. The minimum absolute atomic E-state index is 0.0127. The van der Waals surface area contributed by atoms with Gasteiger partial charge >= 0.3 is 0 Å². The Morgan fingerprint density at radius 1 is 1.15 bits per heavy atom. The molecule has 2 heteroatoms. The van der Waals surface area contributed by atoms with Crippen LogP contribution in [0.25, 0.3) is 11.3 Å². The molecule has 0 N–H and O–H groups in total. The summed E-state index contributed by atoms with van der Waals surface area (Å²) in [6, 6.07) is 6.85. The molecular formula is C11H10O2. The number of hydrogen-bond donors (Lipinski definition) is 0. The van der Waals surface area contributed by atoms with E-state index in [-0.39, 0.29) is 5.43 Å². The van der Waals surface area contributed by atoms with Gasteiger partial charge in [-0.15, -0.1) is 0 Å². The molecule has 2 rings (SSSR count). The van der Waals surface area contributed by atoms with Crippen molar-refractivity contribution in [2.24, 2.45) is 0 Å². The van der Waals surface area contributed by atoms with Gasteiger partial charge in [0.15, 0.2) is 5.43 Å². The number of aryl methyl sites for hydroxylation is 2. The first kappa shape index (κ1) is 8.05. The topological polar surface area (TPSA) is 30.2 Å². The molecular weight excluding hydrogens is 164 g/mol. The van der Waals surface area contributed by atoms with Crippen LogP contribution in [-0.2, 0) is 0 Å². The van der Waals surface area contributed by atoms with Gasteiger partial charge in [-0.25, -0.2) is 0 Å². The summed E-state index contributed by atoms with van der Waals surface area (Å²) >= 11 is 0. The van der Waals surface area contributed by atoms with E-state index < -0.39 is 0 Å². The third-order valence-electron chi connectivity index (χ3n) is 2.07. The van der Waals surface area contributed by atoms with E-state index in [1.165, 1.54) is 6.07 Å². The van der Waals surface area contributed by atoms with Crippen molar-refractivity contribution in [2.45, 2.75) is 13.8 Å². The Hall–Kier alpha value is -1.57. The monoisotopic (exact) mass is 174 g/mol. The highest BCUT2D eigenvalue weighted by Gasteiger charge is 2.07. The zero-order valence-electron chi connectivity index (χ0n) is 7.63. The third kappa shape index (κ3) is 1.35. The molecule has 0 aromatic rings. The third-order valence-corrected chi connectivity index (χ3v) is 2.07. The SMILES string of the molecule is Cc1cc(C)c2ccc(=O)cc-2o1. The van der Waals surface area contributed by atoms with Gasteiger partial charge in [0.25, 0.3) is 0 Å². The average Bonchev–Trinajstić information content (AvgIpc) is 2.02. The molecule has 0 fully saturated rings. The van der Waals surface area contributed by atoms with Crippen LogP contribution in [0.3, 0.4) is 0 Å². The second-order valence-electron chi connectivity index (χ2n) is 3.20. The van der Waals surface area contributed by atoms with E-state index in [1.807, 2.05) is 19.9 Å². The molecule has 1 heterocycles. The van der Waals surface area contributed by atoms with Crippen molar-refractivity contribution in [3.8, 4) is 11.3 Å². The maximum absolute atomic E-state index is 11.0. The number of fused-ring (bicyclic) bond motifs is 1. The Labute approximate surface area is 76.2 Å². The lowest BCUT2D eigenvalue weighted by Crippen LogP contribution is -1.99. The summed E-state index contributed by atoms with van der Waals surface area (Å²) in [5.41, 5.74) is 2.13. The molecule has 1 aliphatic heterocycles. The van der Waals surface area contributed by atoms with Crippen molar-refractivity contribution < 1.29 is 4.42 Å². The maximum Gasteiger partial charge on any atom is 0.182 e. The predicted molar refractivity (Wildman–Crippen MR) is 51.1 cm³/mol. The first-order valence-corrected chi connectivity index (χ1v) is 4.18. The Morgan fingerprint density at radius 2 is 1.92 bits per heavy atom. The Bertz CT molecular complexity index is 468. The lowest BCUT2D eigenvalue weighted by Gasteiger charge is -2.07. The van der Waals surface area contributed by atoms with Crippen LogP contribution in [-0.4, -0.2) is 0 Å². The van der Waals surface area contributed by atoms with Crippen LogP contribution in [0.15, 0.2) is 33.5 Å². The molecule has 13 heavy (non-hydrogen) atoms. The number of benzene rings is 1. The van der Waals surface area contributed by atoms with Crippen LogP contribution in [0.4, 0.5) is 0 Å². The number of hydrogen-bond acceptors (Lipinski definition) is 2. The van der Waals surface area contributed by atoms with E-state index in [0.717, 1.165) is 16.9 Å². The van der Waals surface area contributed by atoms with E-state index >= 15 is 0 Å². The quantitative estimate of drug-likeness (QED) is 0.613. The fraction of sp³-hybridized carbons (Fsp3) is 0.182. The van der Waals surface area contributed by atoms with E-state index in [1.54, 1.807) is 12.1 Å². The van der Waals surface area contributed by atoms with Gasteiger partial charge in [0, 0.05) is 11.6 Å². The van der Waals surface area contributed by atoms with Gasteiger partial charge in [-0.2, -0.15) is 0 Å². The van der Waals surface area contributed by atoms with Crippen molar-refractivity contribution in [2.75, 3.05) is 0 Å². The molecule has 0 bridgehead atoms. The van der Waals surface area contributed by atoms with E-state index in [4.69, 9.17) is 4.42 Å². The van der Waals surface area contributed by atoms with Crippen LogP contribution in [0.5, 0.6) is 0 Å². The van der Waals surface area contributed by atoms with Crippen molar-refractivity contribution in [1.29, 1.82) is 0 Å². The fourth-order valence-corrected chi connectivity index (χ4v) is 1.50. The van der Waals surface area contributed by atoms with E-state index in [9.17, 15) is 4.79 Å². The molecule has 2 aliphatic rings. The molecule has 2 nitrogen and oxygen atoms in total. The highest BCUT2D eigenvalue weighted by Crippen LogP contribution is 2.24. The van der Waals surface area contributed by atoms with Gasteiger partial charge in [-0.3, -0.25) is 4.79 Å². The molecule has 66 valence electrons. The van der Waals surface area contributed by atoms with Crippen LogP contribution < -0.4 is 5.43 Å². The highest BCUT2D eigenvalue weighted by molar-refractivity contribution is 5.62. The molecule has 0 spiro atoms. The molecule has 0 unspecified atom stereocenters. The number of rotatable bonds is 0. The van der Waals surface area contributed by atoms with Gasteiger partial charge < -0.3 is 4.42 Å². The first-order chi connectivity index (χ1) is 6.16. The van der Waals surface area contributed by atoms with E-state index in [2.05, 4.69) is 0 Å². The highest BCUT2D eigenvalue weighted by atomic mass is 16.3. The summed E-state index contributed by atoms with van der Waals surface area (Å²) in [4.78, 5) is 11.0. The zero-order valence-corrected chi connectivity index (χ0v) is 7.63. The van der Waals surface area contributed by atoms with Crippen molar-refractivity contribution in [1.82, 2.24) is 0 Å². The molecule has 0 saturated carbocycles. The standard InChI is InChI=1S/C11H10O2/c1-7-5-8(2)13-11-6-9(12)3-4-10(7)11/h3-6H,1-2H3. The van der Waals surface area contributed by atoms with Crippen LogP contribution in [0.1, 0.15) is 11.3 Å². The lowest BCUT2D eigenvalue weighted by molar-refractivity contribution is 0.529. The molecule has 1 aliphatic carbocycles. The van der Waals surface area contributed by atoms with Crippen LogP contribution >= 0.6 is 0 Å². The summed E-state index contributed by atoms with van der Waals surface area (Å²) in [6.45, 7) is 3.89. The van der Waals surface area contributed by atoms with Crippen molar-refractivity contribution in [3.05, 3.63) is 45.8 Å². The minimum Gasteiger partial charge on any atom is -0.461 e. The fourth-order valence-electron chi connectivity index (χ4n) is 1.50. The lowest BCUT2D eigenvalue weighted by atomic mass is 10.1. The van der Waals surface area contributed by atoms with Gasteiger partial charge in [-0.05, 0) is 37.6 Å². The second kappa shape index (κ2) is 2.73. The molecule has 0 aromatic carbocycles. The van der Waals surface area contributed by atoms with Gasteiger partial charge in [0.1, 0.15) is 11.5 Å². The maximum atomic E-state index is 11.0. The molecule has 0 radical (unpaired) electrons. The molecule has 0 amide bonds. The normalized spacial score (nSPS) is 10.6. The van der Waals surface area contributed by atoms with Crippen LogP contribution in [0, 0.1) is 13.8 Å². The minimum atomic E-state index is -0.0127. The predicted octanol–water partition coefficient (Wildman–Crippen LogP) is 2.36. The molecule has 0 aromatic heterocycles. The molecule has 0 atom stereocenters. The Kier molecular flexibility index (Phi) is 1.69.